The van der Waals surface area contributed by atoms with Gasteiger partial charge in [0.25, 0.3) is 10.0 Å². The van der Waals surface area contributed by atoms with Crippen LogP contribution in [0.4, 0.5) is 5.69 Å². The predicted octanol–water partition coefficient (Wildman–Crippen LogP) is 6.43. The summed E-state index contributed by atoms with van der Waals surface area (Å²) >= 11 is 15.8. The molecule has 0 unspecified atom stereocenters. The van der Waals surface area contributed by atoms with E-state index in [0.717, 1.165) is 40.0 Å². The minimum Gasteiger partial charge on any atom is -0.352 e. The fourth-order valence-electron chi connectivity index (χ4n) is 4.70. The Kier molecular flexibility index (Phi) is 10.2. The van der Waals surface area contributed by atoms with Gasteiger partial charge in [0.15, 0.2) is 0 Å². The highest BCUT2D eigenvalue weighted by Gasteiger charge is 2.33. The van der Waals surface area contributed by atoms with Crippen LogP contribution in [-0.2, 0) is 26.2 Å². The molecule has 0 aromatic heterocycles. The SMILES string of the molecule is C[C@@H](C(=O)NC1CCCC1)N(Cc1cccc(Br)c1)C(=O)CN(c1ccc(Cl)c(Cl)c1)S(=O)(=O)c1ccccc1. The Labute approximate surface area is 253 Å². The quantitative estimate of drug-likeness (QED) is 0.270. The molecule has 0 radical (unpaired) electrons. The first-order valence-corrected chi connectivity index (χ1v) is 15.9. The third kappa shape index (κ3) is 7.37. The smallest absolute Gasteiger partial charge is 0.264 e. The van der Waals surface area contributed by atoms with Gasteiger partial charge in [0, 0.05) is 17.1 Å². The van der Waals surface area contributed by atoms with Gasteiger partial charge in [-0.1, -0.05) is 82.3 Å². The Morgan fingerprint density at radius 2 is 1.68 bits per heavy atom. The minimum absolute atomic E-state index is 0.0134. The maximum absolute atomic E-state index is 14.0. The highest BCUT2D eigenvalue weighted by atomic mass is 79.9. The van der Waals surface area contributed by atoms with Gasteiger partial charge in [0.2, 0.25) is 11.8 Å². The fraction of sp³-hybridized carbons (Fsp3) is 0.310. The van der Waals surface area contributed by atoms with Gasteiger partial charge in [-0.05, 0) is 67.8 Å². The van der Waals surface area contributed by atoms with Crippen LogP contribution >= 0.6 is 39.1 Å². The van der Waals surface area contributed by atoms with E-state index < -0.39 is 28.5 Å². The van der Waals surface area contributed by atoms with Gasteiger partial charge in [-0.3, -0.25) is 13.9 Å². The number of nitrogens with zero attached hydrogens (tertiary/aromatic N) is 2. The molecule has 0 heterocycles. The van der Waals surface area contributed by atoms with Crippen molar-refractivity contribution >= 4 is 66.7 Å². The molecular formula is C29H30BrCl2N3O4S. The molecule has 0 bridgehead atoms. The summed E-state index contributed by atoms with van der Waals surface area (Å²) in [6.45, 7) is 1.22. The predicted molar refractivity (Wildman–Crippen MR) is 162 cm³/mol. The van der Waals surface area contributed by atoms with Crippen LogP contribution in [0.3, 0.4) is 0 Å². The molecule has 1 N–H and O–H groups in total. The molecule has 212 valence electrons. The number of hydrogen-bond donors (Lipinski definition) is 1. The van der Waals surface area contributed by atoms with Crippen LogP contribution in [0, 0.1) is 0 Å². The van der Waals surface area contributed by atoms with E-state index in [1.165, 1.54) is 35.2 Å². The summed E-state index contributed by atoms with van der Waals surface area (Å²) in [6, 6.07) is 18.9. The van der Waals surface area contributed by atoms with Gasteiger partial charge in [-0.2, -0.15) is 0 Å². The van der Waals surface area contributed by atoms with E-state index in [-0.39, 0.29) is 39.1 Å². The highest BCUT2D eigenvalue weighted by Crippen LogP contribution is 2.31. The molecule has 1 aliphatic carbocycles. The molecule has 0 spiro atoms. The van der Waals surface area contributed by atoms with E-state index in [9.17, 15) is 18.0 Å². The molecule has 3 aromatic carbocycles. The number of benzene rings is 3. The van der Waals surface area contributed by atoms with Gasteiger partial charge >= 0.3 is 0 Å². The molecule has 7 nitrogen and oxygen atoms in total. The van der Waals surface area contributed by atoms with Crippen molar-refractivity contribution in [2.24, 2.45) is 0 Å². The normalized spacial score (nSPS) is 14.5. The topological polar surface area (TPSA) is 86.8 Å². The maximum Gasteiger partial charge on any atom is 0.264 e. The summed E-state index contributed by atoms with van der Waals surface area (Å²) in [7, 11) is -4.18. The van der Waals surface area contributed by atoms with Gasteiger partial charge in [-0.25, -0.2) is 8.42 Å². The van der Waals surface area contributed by atoms with Crippen LogP contribution in [0.1, 0.15) is 38.2 Å². The molecule has 0 saturated heterocycles. The largest absolute Gasteiger partial charge is 0.352 e. The van der Waals surface area contributed by atoms with E-state index in [1.54, 1.807) is 25.1 Å². The molecule has 3 aromatic rings. The lowest BCUT2D eigenvalue weighted by Gasteiger charge is -2.32. The zero-order valence-corrected chi connectivity index (χ0v) is 25.8. The second-order valence-corrected chi connectivity index (χ2v) is 13.3. The summed E-state index contributed by atoms with van der Waals surface area (Å²) < 4.78 is 29.5. The Bertz CT molecular complexity index is 1470. The van der Waals surface area contributed by atoms with Gasteiger partial charge in [0.1, 0.15) is 12.6 Å². The van der Waals surface area contributed by atoms with Crippen molar-refractivity contribution in [3.8, 4) is 0 Å². The number of hydrogen-bond acceptors (Lipinski definition) is 4. The van der Waals surface area contributed by atoms with Crippen LogP contribution in [0.25, 0.3) is 0 Å². The first-order chi connectivity index (χ1) is 19.1. The first-order valence-electron chi connectivity index (χ1n) is 12.9. The lowest BCUT2D eigenvalue weighted by atomic mass is 10.1. The first kappa shape index (κ1) is 30.4. The molecule has 1 saturated carbocycles. The van der Waals surface area contributed by atoms with Crippen molar-refractivity contribution in [3.63, 3.8) is 0 Å². The third-order valence-electron chi connectivity index (χ3n) is 6.91. The van der Waals surface area contributed by atoms with E-state index in [1.807, 2.05) is 24.3 Å². The maximum atomic E-state index is 14.0. The van der Waals surface area contributed by atoms with Crippen molar-refractivity contribution in [1.82, 2.24) is 10.2 Å². The van der Waals surface area contributed by atoms with Crippen LogP contribution in [0.15, 0.2) is 82.2 Å². The number of carbonyl (C=O) groups is 2. The Morgan fingerprint density at radius 3 is 2.33 bits per heavy atom. The van der Waals surface area contributed by atoms with E-state index >= 15 is 0 Å². The van der Waals surface area contributed by atoms with Crippen LogP contribution in [0.2, 0.25) is 10.0 Å². The average molecular weight is 667 g/mol. The summed E-state index contributed by atoms with van der Waals surface area (Å²) in [5.41, 5.74) is 0.965. The Balaban J connectivity index is 1.69. The zero-order chi connectivity index (χ0) is 28.9. The number of sulfonamides is 1. The molecule has 1 fully saturated rings. The van der Waals surface area contributed by atoms with Crippen LogP contribution in [0.5, 0.6) is 0 Å². The second-order valence-electron chi connectivity index (χ2n) is 9.74. The second kappa shape index (κ2) is 13.4. The van der Waals surface area contributed by atoms with Crippen molar-refractivity contribution in [2.75, 3.05) is 10.8 Å². The van der Waals surface area contributed by atoms with Crippen molar-refractivity contribution in [1.29, 1.82) is 0 Å². The molecule has 40 heavy (non-hydrogen) atoms. The van der Waals surface area contributed by atoms with Gasteiger partial charge in [0.05, 0.1) is 20.6 Å². The molecule has 1 atom stereocenters. The Hall–Kier alpha value is -2.59. The van der Waals surface area contributed by atoms with E-state index in [0.29, 0.717) is 0 Å². The standard InChI is InChI=1S/C29H30BrCl2N3O4S/c1-20(29(37)33-23-10-5-6-11-23)34(18-21-8-7-9-22(30)16-21)28(36)19-35(24-14-15-26(31)27(32)17-24)40(38,39)25-12-3-2-4-13-25/h2-4,7-9,12-17,20,23H,5-6,10-11,18-19H2,1H3,(H,33,37)/t20-/m0/s1. The third-order valence-corrected chi connectivity index (χ3v) is 9.93. The number of rotatable bonds is 10. The van der Waals surface area contributed by atoms with Crippen LogP contribution in [-0.4, -0.2) is 43.8 Å². The molecular weight excluding hydrogens is 637 g/mol. The molecule has 2 amide bonds. The molecule has 4 rings (SSSR count). The fourth-order valence-corrected chi connectivity index (χ4v) is 6.86. The molecule has 11 heteroatoms. The lowest BCUT2D eigenvalue weighted by molar-refractivity contribution is -0.139. The number of halogens is 3. The van der Waals surface area contributed by atoms with Gasteiger partial charge < -0.3 is 10.2 Å². The zero-order valence-electron chi connectivity index (χ0n) is 21.9. The number of anilines is 1. The summed E-state index contributed by atoms with van der Waals surface area (Å²) in [5, 5.41) is 3.46. The number of carbonyl (C=O) groups excluding carboxylic acids is 2. The monoisotopic (exact) mass is 665 g/mol. The number of amides is 2. The van der Waals surface area contributed by atoms with Crippen molar-refractivity contribution < 1.29 is 18.0 Å². The Morgan fingerprint density at radius 1 is 0.975 bits per heavy atom. The lowest BCUT2D eigenvalue weighted by Crippen LogP contribution is -2.52. The summed E-state index contributed by atoms with van der Waals surface area (Å²) in [6.07, 6.45) is 3.91. The number of nitrogens with one attached hydrogen (secondary N) is 1. The van der Waals surface area contributed by atoms with E-state index in [2.05, 4.69) is 21.2 Å². The highest BCUT2D eigenvalue weighted by molar-refractivity contribution is 9.10. The average Bonchev–Trinajstić information content (AvgIpc) is 3.45. The van der Waals surface area contributed by atoms with Crippen LogP contribution < -0.4 is 9.62 Å². The van der Waals surface area contributed by atoms with Crippen molar-refractivity contribution in [3.05, 3.63) is 92.9 Å². The summed E-state index contributed by atoms with van der Waals surface area (Å²) in [4.78, 5) is 28.7. The van der Waals surface area contributed by atoms with Gasteiger partial charge in [-0.15, -0.1) is 0 Å². The minimum atomic E-state index is -4.18. The van der Waals surface area contributed by atoms with Crippen molar-refractivity contribution in [2.45, 2.75) is 56.1 Å². The molecule has 0 aliphatic heterocycles. The molecule has 1 aliphatic rings. The van der Waals surface area contributed by atoms with E-state index in [4.69, 9.17) is 23.2 Å². The summed E-state index contributed by atoms with van der Waals surface area (Å²) in [5.74, 6) is -0.818.